The molecule has 1 N–H and O–H groups in total. The summed E-state index contributed by atoms with van der Waals surface area (Å²) < 4.78 is 27.3. The molecule has 1 aliphatic rings. The Labute approximate surface area is 235 Å². The number of carbonyl (C=O) groups excluding carboxylic acids is 1. The van der Waals surface area contributed by atoms with Gasteiger partial charge in [-0.05, 0) is 60.0 Å². The van der Waals surface area contributed by atoms with Crippen LogP contribution in [0.4, 0.5) is 0 Å². The Kier molecular flexibility index (Phi) is 8.02. The number of rotatable bonds is 10. The number of nitrogens with zero attached hydrogens (tertiary/aromatic N) is 1. The average Bonchev–Trinajstić information content (AvgIpc) is 3.33. The van der Waals surface area contributed by atoms with E-state index in [0.717, 1.165) is 5.56 Å². The Bertz CT molecular complexity index is 1480. The Balaban J connectivity index is 1.69. The summed E-state index contributed by atoms with van der Waals surface area (Å²) in [5.41, 5.74) is 0.0170. The zero-order valence-corrected chi connectivity index (χ0v) is 23.8. The van der Waals surface area contributed by atoms with Gasteiger partial charge in [-0.2, -0.15) is 4.99 Å². The van der Waals surface area contributed by atoms with Gasteiger partial charge in [0.1, 0.15) is 5.75 Å². The first-order valence-electron chi connectivity index (χ1n) is 13.4. The molecule has 0 saturated heterocycles. The number of hydrogen-bond donors (Lipinski definition) is 1. The fraction of sp³-hybridized carbons (Fsp3) is 0.212. The molecule has 5 rings (SSSR count). The lowest BCUT2D eigenvalue weighted by molar-refractivity contribution is -0.134. The van der Waals surface area contributed by atoms with Gasteiger partial charge in [-0.25, -0.2) is 5.09 Å². The highest BCUT2D eigenvalue weighted by molar-refractivity contribution is 7.76. The lowest BCUT2D eigenvalue weighted by atomic mass is 9.82. The van der Waals surface area contributed by atoms with Crippen LogP contribution in [0.15, 0.2) is 120 Å². The second kappa shape index (κ2) is 11.6. The van der Waals surface area contributed by atoms with Crippen molar-refractivity contribution in [1.82, 2.24) is 5.09 Å². The lowest BCUT2D eigenvalue weighted by Crippen LogP contribution is -2.51. The maximum absolute atomic E-state index is 15.2. The SMILES string of the molecule is COc1ccc([C@H](NP(=O)(c2ccccc2)c2ccccc2)[C@@]2(CC(C)C)OC(c3ccccc3)=NC2=O)cc1. The van der Waals surface area contributed by atoms with Gasteiger partial charge in [0.2, 0.25) is 18.8 Å². The van der Waals surface area contributed by atoms with Crippen LogP contribution in [0.5, 0.6) is 5.75 Å². The third-order valence-corrected chi connectivity index (χ3v) is 9.71. The molecule has 0 spiro atoms. The van der Waals surface area contributed by atoms with E-state index in [9.17, 15) is 4.79 Å². The van der Waals surface area contributed by atoms with Crippen molar-refractivity contribution in [2.24, 2.45) is 10.9 Å². The molecule has 0 radical (unpaired) electrons. The largest absolute Gasteiger partial charge is 0.497 e. The molecule has 1 heterocycles. The van der Waals surface area contributed by atoms with Gasteiger partial charge in [0.15, 0.2) is 0 Å². The highest BCUT2D eigenvalue weighted by Crippen LogP contribution is 2.48. The van der Waals surface area contributed by atoms with E-state index in [0.29, 0.717) is 28.3 Å². The van der Waals surface area contributed by atoms with Crippen molar-refractivity contribution in [3.05, 3.63) is 126 Å². The predicted molar refractivity (Wildman–Crippen MR) is 160 cm³/mol. The second-order valence-electron chi connectivity index (χ2n) is 10.3. The standard InChI is InChI=1S/C33H33N2O4P/c1-24(2)23-33(32(36)34-31(39-33)26-13-7-4-8-14-26)30(25-19-21-27(38-3)22-20-25)35-40(37,28-15-9-5-10-16-28)29-17-11-6-12-18-29/h4-22,24,30H,23H2,1-3H3,(H,35,37)/t30-,33+/m0/s1. The molecular formula is C33H33N2O4P. The van der Waals surface area contributed by atoms with Crippen LogP contribution in [0.2, 0.25) is 0 Å². The van der Waals surface area contributed by atoms with Crippen LogP contribution in [-0.2, 0) is 14.1 Å². The predicted octanol–water partition coefficient (Wildman–Crippen LogP) is 6.04. The number of nitrogens with one attached hydrogen (secondary N) is 1. The first-order valence-corrected chi connectivity index (χ1v) is 15.1. The summed E-state index contributed by atoms with van der Waals surface area (Å²) in [7, 11) is -1.88. The van der Waals surface area contributed by atoms with Crippen LogP contribution in [0, 0.1) is 5.92 Å². The van der Waals surface area contributed by atoms with Gasteiger partial charge in [0, 0.05) is 22.6 Å². The quantitative estimate of drug-likeness (QED) is 0.243. The Morgan fingerprint density at radius 2 is 1.35 bits per heavy atom. The van der Waals surface area contributed by atoms with Crippen LogP contribution in [-0.4, -0.2) is 24.5 Å². The third-order valence-electron chi connectivity index (χ3n) is 7.04. The smallest absolute Gasteiger partial charge is 0.295 e. The number of aliphatic imine (C=N–C) groups is 1. The number of methoxy groups -OCH3 is 1. The van der Waals surface area contributed by atoms with Gasteiger partial charge in [0.25, 0.3) is 5.91 Å². The number of hydrogen-bond acceptors (Lipinski definition) is 4. The molecule has 2 atom stereocenters. The van der Waals surface area contributed by atoms with Crippen molar-refractivity contribution < 1.29 is 18.8 Å². The maximum atomic E-state index is 15.2. The molecule has 0 unspecified atom stereocenters. The summed E-state index contributed by atoms with van der Waals surface area (Å²) in [4.78, 5) is 18.5. The van der Waals surface area contributed by atoms with Crippen LogP contribution >= 0.6 is 7.29 Å². The van der Waals surface area contributed by atoms with E-state index < -0.39 is 24.8 Å². The van der Waals surface area contributed by atoms with Gasteiger partial charge in [-0.3, -0.25) is 9.36 Å². The summed E-state index contributed by atoms with van der Waals surface area (Å²) >= 11 is 0. The first-order chi connectivity index (χ1) is 19.4. The summed E-state index contributed by atoms with van der Waals surface area (Å²) in [5, 5.41) is 4.77. The van der Waals surface area contributed by atoms with Crippen molar-refractivity contribution in [3.63, 3.8) is 0 Å². The van der Waals surface area contributed by atoms with E-state index in [1.165, 1.54) is 0 Å². The summed E-state index contributed by atoms with van der Waals surface area (Å²) in [6.07, 6.45) is 0.360. The number of amides is 1. The molecule has 0 bridgehead atoms. The third kappa shape index (κ3) is 5.38. The minimum Gasteiger partial charge on any atom is -0.497 e. The monoisotopic (exact) mass is 552 g/mol. The lowest BCUT2D eigenvalue weighted by Gasteiger charge is -2.39. The van der Waals surface area contributed by atoms with E-state index in [4.69, 9.17) is 9.47 Å². The van der Waals surface area contributed by atoms with Gasteiger partial charge in [0.05, 0.1) is 13.2 Å². The maximum Gasteiger partial charge on any atom is 0.295 e. The highest BCUT2D eigenvalue weighted by atomic mass is 31.2. The van der Waals surface area contributed by atoms with E-state index >= 15 is 4.57 Å². The minimum absolute atomic E-state index is 0.0738. The average molecular weight is 553 g/mol. The summed E-state index contributed by atoms with van der Waals surface area (Å²) in [5.74, 6) is 0.612. The molecule has 0 aromatic heterocycles. The molecule has 4 aromatic carbocycles. The van der Waals surface area contributed by atoms with E-state index in [1.54, 1.807) is 7.11 Å². The Hall–Kier alpha value is -3.99. The number of benzene rings is 4. The van der Waals surface area contributed by atoms with Crippen LogP contribution in [0.1, 0.15) is 37.4 Å². The van der Waals surface area contributed by atoms with Crippen molar-refractivity contribution in [3.8, 4) is 5.75 Å². The topological polar surface area (TPSA) is 77.0 Å². The molecular weight excluding hydrogens is 519 g/mol. The molecule has 0 aliphatic carbocycles. The zero-order valence-electron chi connectivity index (χ0n) is 22.9. The van der Waals surface area contributed by atoms with E-state index in [2.05, 4.69) is 10.1 Å². The summed E-state index contributed by atoms with van der Waals surface area (Å²) in [6, 6.07) is 34.7. The zero-order chi connectivity index (χ0) is 28.2. The first kappa shape index (κ1) is 27.6. The molecule has 1 amide bonds. The Morgan fingerprint density at radius 1 is 0.825 bits per heavy atom. The minimum atomic E-state index is -3.49. The van der Waals surface area contributed by atoms with Crippen molar-refractivity contribution in [2.45, 2.75) is 31.9 Å². The Morgan fingerprint density at radius 3 is 1.85 bits per heavy atom. The highest BCUT2D eigenvalue weighted by Gasteiger charge is 2.55. The van der Waals surface area contributed by atoms with Crippen molar-refractivity contribution in [2.75, 3.05) is 7.11 Å². The van der Waals surface area contributed by atoms with Crippen LogP contribution in [0.25, 0.3) is 0 Å². The van der Waals surface area contributed by atoms with Gasteiger partial charge < -0.3 is 9.47 Å². The van der Waals surface area contributed by atoms with E-state index in [-0.39, 0.29) is 11.8 Å². The van der Waals surface area contributed by atoms with Gasteiger partial charge in [-0.15, -0.1) is 0 Å². The molecule has 0 fully saturated rings. The molecule has 7 heteroatoms. The molecule has 204 valence electrons. The molecule has 1 aliphatic heterocycles. The van der Waals surface area contributed by atoms with E-state index in [1.807, 2.05) is 129 Å². The fourth-order valence-electron chi connectivity index (χ4n) is 5.17. The normalized spacial score (nSPS) is 17.8. The summed E-state index contributed by atoms with van der Waals surface area (Å²) in [6.45, 7) is 4.08. The van der Waals surface area contributed by atoms with Crippen molar-refractivity contribution in [1.29, 1.82) is 0 Å². The van der Waals surface area contributed by atoms with Gasteiger partial charge in [-0.1, -0.05) is 80.6 Å². The van der Waals surface area contributed by atoms with Gasteiger partial charge >= 0.3 is 0 Å². The number of carbonyl (C=O) groups is 1. The molecule has 6 nitrogen and oxygen atoms in total. The molecule has 0 saturated carbocycles. The molecule has 4 aromatic rings. The van der Waals surface area contributed by atoms with Crippen LogP contribution < -0.4 is 20.4 Å². The van der Waals surface area contributed by atoms with Crippen molar-refractivity contribution >= 4 is 29.7 Å². The van der Waals surface area contributed by atoms with Crippen LogP contribution in [0.3, 0.4) is 0 Å². The second-order valence-corrected chi connectivity index (χ2v) is 12.8. The molecule has 40 heavy (non-hydrogen) atoms. The fourth-order valence-corrected chi connectivity index (χ4v) is 7.67. The number of ether oxygens (including phenoxy) is 2.